The molecule has 0 bridgehead atoms. The zero-order chi connectivity index (χ0) is 33.8. The van der Waals surface area contributed by atoms with Gasteiger partial charge in [-0.05, 0) is 37.3 Å². The minimum absolute atomic E-state index is 0.0207. The summed E-state index contributed by atoms with van der Waals surface area (Å²) in [6.07, 6.45) is -3.66. The van der Waals surface area contributed by atoms with Gasteiger partial charge in [0, 0.05) is 76.9 Å². The molecule has 0 aliphatic carbocycles. The van der Waals surface area contributed by atoms with E-state index in [1.807, 2.05) is 0 Å². The first-order chi connectivity index (χ1) is 22.3. The highest BCUT2D eigenvalue weighted by Crippen LogP contribution is 2.41. The number of benzene rings is 1. The monoisotopic (exact) mass is 657 g/mol. The third kappa shape index (κ3) is 6.03. The van der Waals surface area contributed by atoms with Crippen LogP contribution in [-0.4, -0.2) is 115 Å². The number of aromatic nitrogens is 1. The molecule has 6 rings (SSSR count). The summed E-state index contributed by atoms with van der Waals surface area (Å²) in [4.78, 5) is 67.1. The number of piperazine rings is 2. The highest BCUT2D eigenvalue weighted by Gasteiger charge is 2.50. The lowest BCUT2D eigenvalue weighted by molar-refractivity contribution is -0.138. The maximum Gasteiger partial charge on any atom is 0.416 e. The fourth-order valence-corrected chi connectivity index (χ4v) is 7.18. The number of fused-ring (bicyclic) bond motifs is 3. The van der Waals surface area contributed by atoms with E-state index in [4.69, 9.17) is 0 Å². The number of anilines is 3. The number of carbonyl (C=O) groups is 4. The van der Waals surface area contributed by atoms with E-state index in [1.54, 1.807) is 9.80 Å². The third-order valence-electron chi connectivity index (χ3n) is 9.48. The highest BCUT2D eigenvalue weighted by atomic mass is 19.4. The number of likely N-dealkylation sites (N-methyl/N-ethyl adjacent to an activating group) is 1. The molecule has 1 aromatic heterocycles. The summed E-state index contributed by atoms with van der Waals surface area (Å²) >= 11 is 0. The van der Waals surface area contributed by atoms with Gasteiger partial charge in [0.2, 0.25) is 23.6 Å². The number of hydrogen-bond acceptors (Lipinski definition) is 7. The molecule has 1 aromatic carbocycles. The molecule has 3 atom stereocenters. The van der Waals surface area contributed by atoms with Gasteiger partial charge in [-0.1, -0.05) is 12.6 Å². The van der Waals surface area contributed by atoms with E-state index in [9.17, 15) is 32.3 Å². The van der Waals surface area contributed by atoms with Crippen molar-refractivity contribution in [1.82, 2.24) is 19.7 Å². The quantitative estimate of drug-likeness (QED) is 0.368. The van der Waals surface area contributed by atoms with Crippen LogP contribution in [-0.2, 0) is 25.4 Å². The van der Waals surface area contributed by atoms with Gasteiger partial charge in [-0.2, -0.15) is 13.2 Å². The highest BCUT2D eigenvalue weighted by molar-refractivity contribution is 6.10. The minimum atomic E-state index is -4.71. The van der Waals surface area contributed by atoms with Gasteiger partial charge < -0.3 is 19.6 Å². The van der Waals surface area contributed by atoms with Crippen molar-refractivity contribution >= 4 is 40.8 Å². The molecule has 15 heteroatoms. The van der Waals surface area contributed by atoms with Crippen LogP contribution in [0.25, 0.3) is 0 Å². The SMILES string of the molecule is C=CC(=O)N1CCN2CCN(C(=O)CN3C[C@H]4CC(=O)N(c5cc(C(F)(F)F)cc(C)n5)[C@@H]4C(=O)N(C)c4cccc(F)c43)C[C@@H]2C1. The average Bonchev–Trinajstić information content (AvgIpc) is 3.36. The number of carbonyl (C=O) groups excluding carboxylic acids is 4. The van der Waals surface area contributed by atoms with Gasteiger partial charge in [-0.25, -0.2) is 9.37 Å². The number of aryl methyl sites for hydroxylation is 1. The van der Waals surface area contributed by atoms with Gasteiger partial charge >= 0.3 is 6.18 Å². The van der Waals surface area contributed by atoms with Crippen molar-refractivity contribution in [3.05, 3.63) is 60.1 Å². The molecule has 4 aliphatic rings. The van der Waals surface area contributed by atoms with Crippen LogP contribution in [0.5, 0.6) is 0 Å². The Bertz CT molecular complexity index is 1630. The van der Waals surface area contributed by atoms with Crippen molar-refractivity contribution in [3.63, 3.8) is 0 Å². The van der Waals surface area contributed by atoms with Crippen LogP contribution in [0.15, 0.2) is 43.0 Å². The number of rotatable bonds is 4. The van der Waals surface area contributed by atoms with E-state index in [1.165, 1.54) is 48.0 Å². The predicted molar refractivity (Wildman–Crippen MR) is 164 cm³/mol. The van der Waals surface area contributed by atoms with Crippen molar-refractivity contribution in [2.24, 2.45) is 5.92 Å². The second-order valence-electron chi connectivity index (χ2n) is 12.4. The molecule has 0 unspecified atom stereocenters. The van der Waals surface area contributed by atoms with E-state index in [0.29, 0.717) is 39.3 Å². The Morgan fingerprint density at radius 3 is 2.45 bits per heavy atom. The smallest absolute Gasteiger partial charge is 0.358 e. The van der Waals surface area contributed by atoms with Crippen LogP contribution in [0.1, 0.15) is 17.7 Å². The number of para-hydroxylation sites is 1. The van der Waals surface area contributed by atoms with Crippen LogP contribution < -0.4 is 14.7 Å². The first kappa shape index (κ1) is 32.4. The lowest BCUT2D eigenvalue weighted by Crippen LogP contribution is -2.64. The molecule has 4 aliphatic heterocycles. The predicted octanol–water partition coefficient (Wildman–Crippen LogP) is 2.29. The number of halogens is 4. The second kappa shape index (κ2) is 12.2. The van der Waals surface area contributed by atoms with Gasteiger partial charge in [0.1, 0.15) is 17.7 Å². The summed E-state index contributed by atoms with van der Waals surface area (Å²) in [5.74, 6) is -3.43. The molecule has 250 valence electrons. The molecule has 3 saturated heterocycles. The summed E-state index contributed by atoms with van der Waals surface area (Å²) in [6, 6.07) is 4.46. The lowest BCUT2D eigenvalue weighted by atomic mass is 9.95. The number of alkyl halides is 3. The standard InChI is InChI=1S/C32H35F4N7O4/c1-4-26(44)40-10-8-39-9-11-41(17-22(39)16-40)28(46)18-42-15-20-13-27(45)43(25-14-21(32(34,35)36)12-19(2)37-25)29(20)31(47)38(3)24-7-5-6-23(33)30(24)42/h4-7,12,14,20,22,29H,1,8-11,13,15-18H2,2-3H3/t20-,22+,29+/m1/s1. The van der Waals surface area contributed by atoms with Crippen molar-refractivity contribution < 1.29 is 36.7 Å². The van der Waals surface area contributed by atoms with Gasteiger partial charge in [0.15, 0.2) is 0 Å². The topological polar surface area (TPSA) is 101 Å². The molecule has 0 saturated carbocycles. The zero-order valence-corrected chi connectivity index (χ0v) is 26.0. The molecular formula is C32H35F4N7O4. The normalized spacial score (nSPS) is 23.6. The molecule has 11 nitrogen and oxygen atoms in total. The fraction of sp³-hybridized carbons (Fsp3) is 0.469. The largest absolute Gasteiger partial charge is 0.416 e. The number of amides is 4. The van der Waals surface area contributed by atoms with Gasteiger partial charge in [0.05, 0.1) is 23.5 Å². The van der Waals surface area contributed by atoms with E-state index >= 15 is 4.39 Å². The first-order valence-electron chi connectivity index (χ1n) is 15.4. The fourth-order valence-electron chi connectivity index (χ4n) is 7.18. The number of pyridine rings is 1. The summed E-state index contributed by atoms with van der Waals surface area (Å²) in [6.45, 7) is 7.65. The number of nitrogens with zero attached hydrogens (tertiary/aromatic N) is 7. The Kier molecular flexibility index (Phi) is 8.45. The van der Waals surface area contributed by atoms with Crippen LogP contribution in [0.4, 0.5) is 34.8 Å². The lowest BCUT2D eigenvalue weighted by Gasteiger charge is -2.47. The molecule has 0 radical (unpaired) electrons. The van der Waals surface area contributed by atoms with E-state index in [0.717, 1.165) is 17.0 Å². The molecule has 2 aromatic rings. The summed E-state index contributed by atoms with van der Waals surface area (Å²) in [7, 11) is 1.41. The Hall–Kier alpha value is -4.53. The van der Waals surface area contributed by atoms with Crippen molar-refractivity contribution in [2.45, 2.75) is 31.6 Å². The molecule has 5 heterocycles. The molecular weight excluding hydrogens is 622 g/mol. The molecule has 3 fully saturated rings. The first-order valence-corrected chi connectivity index (χ1v) is 15.4. The van der Waals surface area contributed by atoms with E-state index in [2.05, 4.69) is 16.5 Å². The Balaban J connectivity index is 1.31. The van der Waals surface area contributed by atoms with Crippen LogP contribution >= 0.6 is 0 Å². The van der Waals surface area contributed by atoms with Crippen LogP contribution in [0.3, 0.4) is 0 Å². The van der Waals surface area contributed by atoms with Crippen LogP contribution in [0, 0.1) is 18.7 Å². The zero-order valence-electron chi connectivity index (χ0n) is 26.0. The van der Waals surface area contributed by atoms with Crippen molar-refractivity contribution in [1.29, 1.82) is 0 Å². The van der Waals surface area contributed by atoms with E-state index < -0.39 is 41.3 Å². The van der Waals surface area contributed by atoms with Crippen molar-refractivity contribution in [2.75, 3.05) is 74.1 Å². The third-order valence-corrected chi connectivity index (χ3v) is 9.48. The summed E-state index contributed by atoms with van der Waals surface area (Å²) in [5.41, 5.74) is -0.803. The minimum Gasteiger partial charge on any atom is -0.358 e. The van der Waals surface area contributed by atoms with Crippen LogP contribution in [0.2, 0.25) is 0 Å². The molecule has 0 spiro atoms. The Morgan fingerprint density at radius 2 is 1.74 bits per heavy atom. The van der Waals surface area contributed by atoms with Gasteiger partial charge in [-0.3, -0.25) is 29.0 Å². The average molecular weight is 658 g/mol. The molecule has 0 N–H and O–H groups in total. The number of hydrogen-bond donors (Lipinski definition) is 0. The summed E-state index contributed by atoms with van der Waals surface area (Å²) < 4.78 is 56.7. The Morgan fingerprint density at radius 1 is 1.04 bits per heavy atom. The van der Waals surface area contributed by atoms with Crippen molar-refractivity contribution in [3.8, 4) is 0 Å². The maximum absolute atomic E-state index is 15.6. The summed E-state index contributed by atoms with van der Waals surface area (Å²) in [5, 5.41) is 0. The molecule has 47 heavy (non-hydrogen) atoms. The maximum atomic E-state index is 15.6. The second-order valence-corrected chi connectivity index (χ2v) is 12.4. The Labute approximate surface area is 269 Å². The van der Waals surface area contributed by atoms with Gasteiger partial charge in [0.25, 0.3) is 0 Å². The molecule has 4 amide bonds. The van der Waals surface area contributed by atoms with Gasteiger partial charge in [-0.15, -0.1) is 0 Å². The van der Waals surface area contributed by atoms with E-state index in [-0.39, 0.29) is 60.3 Å².